The molecule has 0 bridgehead atoms. The van der Waals surface area contributed by atoms with Crippen LogP contribution in [0.2, 0.25) is 0 Å². The summed E-state index contributed by atoms with van der Waals surface area (Å²) < 4.78 is 0. The first kappa shape index (κ1) is 41.2. The van der Waals surface area contributed by atoms with Crippen LogP contribution in [0.25, 0.3) is 0 Å². The molecule has 0 aliphatic carbocycles. The molecule has 14 nitrogen and oxygen atoms in total. The Kier molecular flexibility index (Phi) is 22.2. The molecule has 1 atom stereocenters. The molecule has 0 spiro atoms. The van der Waals surface area contributed by atoms with Gasteiger partial charge in [-0.05, 0) is 5.56 Å². The second kappa shape index (κ2) is 22.7. The van der Waals surface area contributed by atoms with Crippen molar-refractivity contribution in [2.45, 2.75) is 12.6 Å². The number of carbonyl (C=O) groups excluding carboxylic acids is 4. The third-order valence-corrected chi connectivity index (χ3v) is 6.53. The number of hydrogen-bond donors (Lipinski definition) is 1. The van der Waals surface area contributed by atoms with Crippen molar-refractivity contribution in [3.05, 3.63) is 35.9 Å². The number of β-amino-alcohol motifs (C(OH)–C–C–N with tert-alkyl or cyclic N) is 1. The van der Waals surface area contributed by atoms with Gasteiger partial charge in [0, 0.05) is 98.2 Å². The Labute approximate surface area is 300 Å². The van der Waals surface area contributed by atoms with E-state index in [1.54, 1.807) is 19.6 Å². The quantitative estimate of drug-likeness (QED) is 0.176. The summed E-state index contributed by atoms with van der Waals surface area (Å²) >= 11 is 0. The minimum Gasteiger partial charge on any atom is -0.549 e. The maximum atomic E-state index is 11.3. The SMILES string of the molecule is O=C([O-])CN1CCN(CC(=O)[O-])CCN(CC(O)CN(CC(=O)[O-])Cc2ccccc2)CCN(CC(=O)[O-])CC1.[Gd+3].[Na+]. The number of hydrogen-bond acceptors (Lipinski definition) is 14. The Morgan fingerprint density at radius 2 is 1.07 bits per heavy atom. The molecular formula is C26H37GdN5NaO9. The van der Waals surface area contributed by atoms with Crippen LogP contribution in [-0.4, -0.2) is 151 Å². The molecule has 16 heteroatoms. The van der Waals surface area contributed by atoms with E-state index < -0.39 is 30.0 Å². The largest absolute Gasteiger partial charge is 3.00 e. The average Bonchev–Trinajstić information content (AvgIpc) is 2.85. The number of rotatable bonds is 14. The molecule has 229 valence electrons. The number of aliphatic carboxylic acids is 4. The predicted octanol–water partition coefficient (Wildman–Crippen LogP) is -9.93. The van der Waals surface area contributed by atoms with Crippen molar-refractivity contribution < 1.29 is 114 Å². The summed E-state index contributed by atoms with van der Waals surface area (Å²) in [5, 5.41) is 56.0. The van der Waals surface area contributed by atoms with Crippen LogP contribution in [0.15, 0.2) is 30.3 Å². The molecule has 0 amide bonds. The van der Waals surface area contributed by atoms with E-state index in [-0.39, 0.29) is 155 Å². The minimum atomic E-state index is -1.30. The number of aliphatic hydroxyl groups is 1. The van der Waals surface area contributed by atoms with Gasteiger partial charge in [-0.1, -0.05) is 30.3 Å². The Bertz CT molecular complexity index is 933. The fourth-order valence-electron chi connectivity index (χ4n) is 4.65. The van der Waals surface area contributed by atoms with Crippen LogP contribution in [0.1, 0.15) is 5.56 Å². The summed E-state index contributed by atoms with van der Waals surface area (Å²) in [6.07, 6.45) is -0.973. The Hall–Kier alpha value is -0.815. The van der Waals surface area contributed by atoms with Crippen molar-refractivity contribution >= 4 is 23.9 Å². The molecule has 1 fully saturated rings. The van der Waals surface area contributed by atoms with Gasteiger partial charge < -0.3 is 44.7 Å². The Balaban J connectivity index is 0.00000840. The van der Waals surface area contributed by atoms with Crippen LogP contribution in [-0.2, 0) is 25.7 Å². The van der Waals surface area contributed by atoms with Crippen LogP contribution in [0.4, 0.5) is 0 Å². The van der Waals surface area contributed by atoms with Crippen LogP contribution >= 0.6 is 0 Å². The number of carbonyl (C=O) groups is 4. The van der Waals surface area contributed by atoms with Crippen LogP contribution in [0.3, 0.4) is 0 Å². The van der Waals surface area contributed by atoms with Crippen molar-refractivity contribution in [2.24, 2.45) is 0 Å². The third kappa shape index (κ3) is 18.8. The summed E-state index contributed by atoms with van der Waals surface area (Å²) in [6.45, 7) is 0.904. The number of benzene rings is 1. The fraction of sp³-hybridized carbons (Fsp3) is 0.615. The summed E-state index contributed by atoms with van der Waals surface area (Å²) in [4.78, 5) is 53.3. The van der Waals surface area contributed by atoms with Gasteiger partial charge in [0.15, 0.2) is 0 Å². The fourth-order valence-corrected chi connectivity index (χ4v) is 4.65. The molecule has 1 N–H and O–H groups in total. The summed E-state index contributed by atoms with van der Waals surface area (Å²) in [5.74, 6) is -5.16. The zero-order valence-corrected chi connectivity index (χ0v) is 28.1. The maximum absolute atomic E-state index is 11.3. The minimum absolute atomic E-state index is 0. The molecule has 1 heterocycles. The van der Waals surface area contributed by atoms with Crippen LogP contribution < -0.4 is 50.0 Å². The molecule has 2 rings (SSSR count). The molecule has 42 heavy (non-hydrogen) atoms. The predicted molar refractivity (Wildman–Crippen MR) is 134 cm³/mol. The number of carboxylic acid groups (broad SMARTS) is 4. The zero-order valence-electron chi connectivity index (χ0n) is 23.9. The van der Waals surface area contributed by atoms with Gasteiger partial charge in [0.2, 0.25) is 0 Å². The van der Waals surface area contributed by atoms with Gasteiger partial charge in [-0.2, -0.15) is 0 Å². The first-order valence-electron chi connectivity index (χ1n) is 13.1. The van der Waals surface area contributed by atoms with E-state index in [1.165, 1.54) is 0 Å². The van der Waals surface area contributed by atoms with Crippen molar-refractivity contribution in [3.8, 4) is 0 Å². The second-order valence-corrected chi connectivity index (χ2v) is 9.93. The Morgan fingerprint density at radius 1 is 0.690 bits per heavy atom. The molecule has 1 saturated heterocycles. The molecule has 1 aliphatic rings. The van der Waals surface area contributed by atoms with E-state index in [9.17, 15) is 44.7 Å². The average molecular weight is 744 g/mol. The molecule has 1 aromatic rings. The second-order valence-electron chi connectivity index (χ2n) is 9.93. The number of nitrogens with zero attached hydrogens (tertiary/aromatic N) is 5. The van der Waals surface area contributed by atoms with Crippen molar-refractivity contribution in [2.75, 3.05) is 91.6 Å². The van der Waals surface area contributed by atoms with Gasteiger partial charge in [0.1, 0.15) is 0 Å². The number of aliphatic hydroxyl groups excluding tert-OH is 1. The first-order valence-corrected chi connectivity index (χ1v) is 13.1. The maximum Gasteiger partial charge on any atom is 3.00 e. The molecule has 1 radical (unpaired) electrons. The van der Waals surface area contributed by atoms with Gasteiger partial charge in [-0.25, -0.2) is 0 Å². The smallest absolute Gasteiger partial charge is 0.549 e. The van der Waals surface area contributed by atoms with Gasteiger partial charge in [0.25, 0.3) is 0 Å². The van der Waals surface area contributed by atoms with Gasteiger partial charge >= 0.3 is 69.5 Å². The summed E-state index contributed by atoms with van der Waals surface area (Å²) in [6, 6.07) is 9.18. The van der Waals surface area contributed by atoms with E-state index in [4.69, 9.17) is 0 Å². The van der Waals surface area contributed by atoms with E-state index in [1.807, 2.05) is 35.2 Å². The molecule has 1 aliphatic heterocycles. The van der Waals surface area contributed by atoms with Gasteiger partial charge in [-0.3, -0.25) is 24.5 Å². The Morgan fingerprint density at radius 3 is 1.43 bits per heavy atom. The topological polar surface area (TPSA) is 197 Å². The molecule has 0 saturated carbocycles. The third-order valence-electron chi connectivity index (χ3n) is 6.53. The zero-order chi connectivity index (χ0) is 29.5. The van der Waals surface area contributed by atoms with Crippen LogP contribution in [0.5, 0.6) is 0 Å². The molecule has 1 aromatic carbocycles. The van der Waals surface area contributed by atoms with E-state index >= 15 is 0 Å². The normalized spacial score (nSPS) is 17.2. The standard InChI is InChI=1S/C26H41N5O9.Gd.Na/c32-22(16-31(20-26(39)40)14-21-4-2-1-3-5-21)15-27-6-8-28(17-23(33)34)10-12-30(19-25(37)38)13-11-29(9-7-27)18-24(35)36;;/h1-5,22,32H,6-20H2,(H,33,34)(H,35,36)(H,37,38)(H,39,40);;/q;+3;+1/p-4. The van der Waals surface area contributed by atoms with Crippen molar-refractivity contribution in [1.29, 1.82) is 0 Å². The van der Waals surface area contributed by atoms with Crippen molar-refractivity contribution in [1.82, 2.24) is 24.5 Å². The molecular weight excluding hydrogens is 707 g/mol. The summed E-state index contributed by atoms with van der Waals surface area (Å²) in [7, 11) is 0. The van der Waals surface area contributed by atoms with Crippen LogP contribution in [0, 0.1) is 39.9 Å². The first-order chi connectivity index (χ1) is 19.0. The summed E-state index contributed by atoms with van der Waals surface area (Å²) in [5.41, 5.74) is 0.867. The van der Waals surface area contributed by atoms with Crippen molar-refractivity contribution in [3.63, 3.8) is 0 Å². The van der Waals surface area contributed by atoms with E-state index in [0.717, 1.165) is 5.56 Å². The van der Waals surface area contributed by atoms with E-state index in [0.29, 0.717) is 13.1 Å². The molecule has 1 unspecified atom stereocenters. The monoisotopic (exact) mass is 744 g/mol. The van der Waals surface area contributed by atoms with Gasteiger partial charge in [0.05, 0.1) is 30.0 Å². The number of carboxylic acids is 4. The molecule has 0 aromatic heterocycles. The van der Waals surface area contributed by atoms with Gasteiger partial charge in [-0.15, -0.1) is 0 Å². The van der Waals surface area contributed by atoms with E-state index in [2.05, 4.69) is 0 Å².